The molecule has 1 saturated carbocycles. The molecule has 0 radical (unpaired) electrons. The first-order valence-electron chi connectivity index (χ1n) is 6.90. The normalized spacial score (nSPS) is 22.4. The van der Waals surface area contributed by atoms with E-state index in [2.05, 4.69) is 15.2 Å². The molecule has 0 atom stereocenters. The number of rotatable bonds is 3. The van der Waals surface area contributed by atoms with Gasteiger partial charge in [-0.1, -0.05) is 19.3 Å². The van der Waals surface area contributed by atoms with Crippen molar-refractivity contribution in [3.05, 3.63) is 12.2 Å². The highest BCUT2D eigenvalue weighted by atomic mass is 16.2. The quantitative estimate of drug-likeness (QED) is 0.826. The number of aromatic amines is 1. The van der Waals surface area contributed by atoms with Crippen molar-refractivity contribution in [3.8, 4) is 0 Å². The topological polar surface area (TPSA) is 79.0 Å². The van der Waals surface area contributed by atoms with E-state index >= 15 is 0 Å². The number of carbonyl (C=O) groups excluding carboxylic acids is 2. The molecule has 6 heteroatoms. The number of nitrogens with one attached hydrogen (secondary N) is 1. The maximum atomic E-state index is 12.5. The lowest BCUT2D eigenvalue weighted by Crippen LogP contribution is -2.38. The van der Waals surface area contributed by atoms with E-state index in [1.165, 1.54) is 17.6 Å². The predicted molar refractivity (Wildman–Crippen MR) is 66.9 cm³/mol. The molecular formula is C13H18N4O2. The molecule has 1 spiro atoms. The molecule has 1 aliphatic heterocycles. The summed E-state index contributed by atoms with van der Waals surface area (Å²) in [5.41, 5.74) is -0.378. The third-order valence-electron chi connectivity index (χ3n) is 4.34. The fraction of sp³-hybridized carbons (Fsp3) is 0.692. The number of hydrogen-bond donors (Lipinski definition) is 1. The molecule has 1 aromatic heterocycles. The number of carbonyl (C=O) groups is 2. The minimum atomic E-state index is -0.378. The van der Waals surface area contributed by atoms with Gasteiger partial charge in [0, 0.05) is 19.4 Å². The largest absolute Gasteiger partial charge is 0.282 e. The van der Waals surface area contributed by atoms with Gasteiger partial charge >= 0.3 is 0 Å². The Morgan fingerprint density at radius 1 is 1.26 bits per heavy atom. The first kappa shape index (κ1) is 12.3. The van der Waals surface area contributed by atoms with Crippen LogP contribution < -0.4 is 0 Å². The van der Waals surface area contributed by atoms with E-state index in [4.69, 9.17) is 0 Å². The molecule has 0 unspecified atom stereocenters. The van der Waals surface area contributed by atoms with E-state index in [0.717, 1.165) is 25.7 Å². The summed E-state index contributed by atoms with van der Waals surface area (Å²) in [5, 5.41) is 6.52. The van der Waals surface area contributed by atoms with E-state index in [1.54, 1.807) is 0 Å². The Morgan fingerprint density at radius 3 is 2.74 bits per heavy atom. The zero-order valence-electron chi connectivity index (χ0n) is 10.9. The molecule has 2 aliphatic rings. The second-order valence-electron chi connectivity index (χ2n) is 5.55. The molecule has 2 heterocycles. The monoisotopic (exact) mass is 262 g/mol. The Labute approximate surface area is 111 Å². The number of H-pyrrole nitrogens is 1. The number of likely N-dealkylation sites (tertiary alicyclic amines) is 1. The fourth-order valence-corrected chi connectivity index (χ4v) is 3.27. The Bertz CT molecular complexity index is 477. The van der Waals surface area contributed by atoms with Crippen LogP contribution in [-0.4, -0.2) is 38.4 Å². The van der Waals surface area contributed by atoms with Crippen LogP contribution in [0.15, 0.2) is 6.33 Å². The Kier molecular flexibility index (Phi) is 3.08. The van der Waals surface area contributed by atoms with Crippen LogP contribution in [0.25, 0.3) is 0 Å². The zero-order valence-corrected chi connectivity index (χ0v) is 10.9. The number of hydrogen-bond acceptors (Lipinski definition) is 4. The van der Waals surface area contributed by atoms with Crippen molar-refractivity contribution in [2.45, 2.75) is 44.9 Å². The van der Waals surface area contributed by atoms with E-state index in [-0.39, 0.29) is 17.2 Å². The maximum absolute atomic E-state index is 12.5. The summed E-state index contributed by atoms with van der Waals surface area (Å²) >= 11 is 0. The Balaban J connectivity index is 1.68. The number of nitrogens with zero attached hydrogens (tertiary/aromatic N) is 3. The van der Waals surface area contributed by atoms with Crippen molar-refractivity contribution in [3.63, 3.8) is 0 Å². The first-order chi connectivity index (χ1) is 9.21. The van der Waals surface area contributed by atoms with Crippen molar-refractivity contribution in [2.24, 2.45) is 5.41 Å². The molecule has 6 nitrogen and oxygen atoms in total. The molecule has 19 heavy (non-hydrogen) atoms. The standard InChI is InChI=1S/C13H18N4O2/c18-11-8-13(5-2-1-3-6-13)12(19)17(11)7-4-10-14-9-15-16-10/h9H,1-8H2,(H,14,15,16). The SMILES string of the molecule is O=C1CC2(CCCCC2)C(=O)N1CCc1ncn[nH]1. The maximum Gasteiger partial charge on any atom is 0.235 e. The molecular weight excluding hydrogens is 244 g/mol. The number of aromatic nitrogens is 3. The van der Waals surface area contributed by atoms with Crippen LogP contribution in [0, 0.1) is 5.41 Å². The average Bonchev–Trinajstić information content (AvgIpc) is 2.99. The summed E-state index contributed by atoms with van der Waals surface area (Å²) in [5.74, 6) is 0.730. The van der Waals surface area contributed by atoms with Crippen LogP contribution in [0.3, 0.4) is 0 Å². The minimum Gasteiger partial charge on any atom is -0.282 e. The summed E-state index contributed by atoms with van der Waals surface area (Å²) in [6.07, 6.45) is 7.44. The highest BCUT2D eigenvalue weighted by Crippen LogP contribution is 2.45. The average molecular weight is 262 g/mol. The molecule has 2 fully saturated rings. The van der Waals surface area contributed by atoms with Gasteiger partial charge in [0.2, 0.25) is 11.8 Å². The Morgan fingerprint density at radius 2 is 2.05 bits per heavy atom. The van der Waals surface area contributed by atoms with Gasteiger partial charge in [-0.05, 0) is 12.8 Å². The third-order valence-corrected chi connectivity index (χ3v) is 4.34. The van der Waals surface area contributed by atoms with Gasteiger partial charge in [-0.2, -0.15) is 5.10 Å². The molecule has 102 valence electrons. The van der Waals surface area contributed by atoms with Crippen molar-refractivity contribution < 1.29 is 9.59 Å². The Hall–Kier alpha value is -1.72. The molecule has 1 aromatic rings. The summed E-state index contributed by atoms with van der Waals surface area (Å²) < 4.78 is 0. The lowest BCUT2D eigenvalue weighted by Gasteiger charge is -2.30. The van der Waals surface area contributed by atoms with Gasteiger partial charge in [-0.15, -0.1) is 0 Å². The molecule has 0 aromatic carbocycles. The molecule has 1 aliphatic carbocycles. The third kappa shape index (κ3) is 2.15. The van der Waals surface area contributed by atoms with Crippen LogP contribution in [0.1, 0.15) is 44.3 Å². The highest BCUT2D eigenvalue weighted by Gasteiger charge is 2.51. The zero-order chi connectivity index (χ0) is 13.3. The van der Waals surface area contributed by atoms with Crippen LogP contribution in [0.2, 0.25) is 0 Å². The minimum absolute atomic E-state index is 0.0218. The van der Waals surface area contributed by atoms with Gasteiger partial charge in [-0.25, -0.2) is 4.98 Å². The van der Waals surface area contributed by atoms with Gasteiger partial charge in [0.1, 0.15) is 12.2 Å². The molecule has 1 N–H and O–H groups in total. The highest BCUT2D eigenvalue weighted by molar-refractivity contribution is 6.05. The number of imide groups is 1. The fourth-order valence-electron chi connectivity index (χ4n) is 3.27. The van der Waals surface area contributed by atoms with Crippen molar-refractivity contribution in [1.29, 1.82) is 0 Å². The lowest BCUT2D eigenvalue weighted by atomic mass is 9.73. The summed E-state index contributed by atoms with van der Waals surface area (Å²) in [4.78, 5) is 30.0. The second kappa shape index (κ2) is 4.75. The number of amides is 2. The van der Waals surface area contributed by atoms with Gasteiger partial charge in [0.05, 0.1) is 5.41 Å². The van der Waals surface area contributed by atoms with Gasteiger partial charge < -0.3 is 0 Å². The molecule has 1 saturated heterocycles. The molecule has 0 bridgehead atoms. The van der Waals surface area contributed by atoms with E-state index in [9.17, 15) is 9.59 Å². The van der Waals surface area contributed by atoms with E-state index in [1.807, 2.05) is 0 Å². The summed E-state index contributed by atoms with van der Waals surface area (Å²) in [6, 6.07) is 0. The summed E-state index contributed by atoms with van der Waals surface area (Å²) in [7, 11) is 0. The molecule has 3 rings (SSSR count). The van der Waals surface area contributed by atoms with E-state index < -0.39 is 0 Å². The molecule has 2 amide bonds. The van der Waals surface area contributed by atoms with Crippen molar-refractivity contribution in [1.82, 2.24) is 20.1 Å². The van der Waals surface area contributed by atoms with E-state index in [0.29, 0.717) is 25.2 Å². The van der Waals surface area contributed by atoms with Gasteiger partial charge in [0.25, 0.3) is 0 Å². The van der Waals surface area contributed by atoms with Crippen LogP contribution in [-0.2, 0) is 16.0 Å². The van der Waals surface area contributed by atoms with Crippen LogP contribution in [0.4, 0.5) is 0 Å². The van der Waals surface area contributed by atoms with Crippen LogP contribution in [0.5, 0.6) is 0 Å². The van der Waals surface area contributed by atoms with Gasteiger partial charge in [-0.3, -0.25) is 19.6 Å². The second-order valence-corrected chi connectivity index (χ2v) is 5.55. The summed E-state index contributed by atoms with van der Waals surface area (Å²) in [6.45, 7) is 0.411. The smallest absolute Gasteiger partial charge is 0.235 e. The van der Waals surface area contributed by atoms with Crippen molar-refractivity contribution >= 4 is 11.8 Å². The van der Waals surface area contributed by atoms with Gasteiger partial charge in [0.15, 0.2) is 0 Å². The van der Waals surface area contributed by atoms with Crippen molar-refractivity contribution in [2.75, 3.05) is 6.54 Å². The predicted octanol–water partition coefficient (Wildman–Crippen LogP) is 1.06. The lowest BCUT2D eigenvalue weighted by molar-refractivity contribution is -0.142. The first-order valence-corrected chi connectivity index (χ1v) is 6.90. The van der Waals surface area contributed by atoms with Crippen LogP contribution >= 0.6 is 0 Å².